The quantitative estimate of drug-likeness (QED) is 0.314. The van der Waals surface area contributed by atoms with Gasteiger partial charge in [-0.05, 0) is 18.8 Å². The lowest BCUT2D eigenvalue weighted by molar-refractivity contribution is 0.141. The normalized spacial score (nSPS) is 17.0. The van der Waals surface area contributed by atoms with E-state index in [-0.39, 0.29) is 0 Å². The lowest BCUT2D eigenvalue weighted by Crippen LogP contribution is -2.31. The van der Waals surface area contributed by atoms with Crippen LogP contribution < -0.4 is 11.3 Å². The van der Waals surface area contributed by atoms with Crippen molar-refractivity contribution in [3.05, 3.63) is 0 Å². The standard InChI is InChI=1S/C5H10N2O2/c6-7-5(8)9-3-4-1-2-4/h4H,1-3,6H2,(H,7,8). The summed E-state index contributed by atoms with van der Waals surface area (Å²) >= 11 is 0. The Balaban J connectivity index is 1.96. The molecule has 9 heavy (non-hydrogen) atoms. The zero-order chi connectivity index (χ0) is 6.69. The van der Waals surface area contributed by atoms with E-state index in [1.54, 1.807) is 0 Å². The van der Waals surface area contributed by atoms with Gasteiger partial charge in [-0.15, -0.1) is 0 Å². The lowest BCUT2D eigenvalue weighted by Gasteiger charge is -1.99. The largest absolute Gasteiger partial charge is 0.448 e. The average molecular weight is 130 g/mol. The van der Waals surface area contributed by atoms with E-state index in [2.05, 4.69) is 4.74 Å². The Kier molecular flexibility index (Phi) is 1.89. The molecule has 4 nitrogen and oxygen atoms in total. The second kappa shape index (κ2) is 2.68. The van der Waals surface area contributed by atoms with Crippen LogP contribution in [-0.2, 0) is 4.74 Å². The van der Waals surface area contributed by atoms with Gasteiger partial charge in [-0.1, -0.05) is 0 Å². The van der Waals surface area contributed by atoms with Crippen LogP contribution in [0.1, 0.15) is 12.8 Å². The molecule has 1 amide bonds. The predicted octanol–water partition coefficient (Wildman–Crippen LogP) is -0.00370. The molecule has 0 aromatic carbocycles. The maximum absolute atomic E-state index is 10.3. The molecule has 0 atom stereocenters. The molecule has 0 aromatic rings. The number of carbonyl (C=O) groups excluding carboxylic acids is 1. The molecule has 1 rings (SSSR count). The minimum atomic E-state index is -0.540. The van der Waals surface area contributed by atoms with Crippen molar-refractivity contribution < 1.29 is 9.53 Å². The molecule has 1 saturated carbocycles. The van der Waals surface area contributed by atoms with Gasteiger partial charge >= 0.3 is 6.09 Å². The number of nitrogens with one attached hydrogen (secondary N) is 1. The summed E-state index contributed by atoms with van der Waals surface area (Å²) in [6, 6.07) is 0. The van der Waals surface area contributed by atoms with Gasteiger partial charge in [-0.2, -0.15) is 0 Å². The SMILES string of the molecule is NNC(=O)OCC1CC1. The van der Waals surface area contributed by atoms with Crippen molar-refractivity contribution in [2.24, 2.45) is 11.8 Å². The number of nitrogens with two attached hydrogens (primary N) is 1. The molecular weight excluding hydrogens is 120 g/mol. The van der Waals surface area contributed by atoms with Gasteiger partial charge in [0.15, 0.2) is 0 Å². The van der Waals surface area contributed by atoms with E-state index in [4.69, 9.17) is 5.84 Å². The molecule has 0 saturated heterocycles. The van der Waals surface area contributed by atoms with Gasteiger partial charge in [0, 0.05) is 0 Å². The molecule has 1 fully saturated rings. The molecule has 0 radical (unpaired) electrons. The van der Waals surface area contributed by atoms with Crippen molar-refractivity contribution >= 4 is 6.09 Å². The van der Waals surface area contributed by atoms with E-state index in [0.717, 1.165) is 0 Å². The number of rotatable bonds is 2. The smallest absolute Gasteiger partial charge is 0.421 e. The monoisotopic (exact) mass is 130 g/mol. The first kappa shape index (κ1) is 6.35. The number of hydrogen-bond acceptors (Lipinski definition) is 3. The Morgan fingerprint density at radius 2 is 2.44 bits per heavy atom. The third-order valence-corrected chi connectivity index (χ3v) is 1.26. The van der Waals surface area contributed by atoms with E-state index < -0.39 is 6.09 Å². The van der Waals surface area contributed by atoms with Crippen LogP contribution in [0, 0.1) is 5.92 Å². The number of amides is 1. The lowest BCUT2D eigenvalue weighted by atomic mass is 10.5. The van der Waals surface area contributed by atoms with Gasteiger partial charge in [0.05, 0.1) is 6.61 Å². The van der Waals surface area contributed by atoms with Gasteiger partial charge in [0.1, 0.15) is 0 Å². The zero-order valence-corrected chi connectivity index (χ0v) is 5.09. The van der Waals surface area contributed by atoms with Crippen molar-refractivity contribution in [2.45, 2.75) is 12.8 Å². The Bertz CT molecular complexity index is 112. The van der Waals surface area contributed by atoms with Crippen LogP contribution in [0.5, 0.6) is 0 Å². The van der Waals surface area contributed by atoms with Crippen LogP contribution in [-0.4, -0.2) is 12.7 Å². The van der Waals surface area contributed by atoms with Crippen LogP contribution in [0.25, 0.3) is 0 Å². The molecule has 3 N–H and O–H groups in total. The van der Waals surface area contributed by atoms with E-state index in [9.17, 15) is 4.79 Å². The minimum Gasteiger partial charge on any atom is -0.448 e. The maximum atomic E-state index is 10.3. The molecule has 0 spiro atoms. The van der Waals surface area contributed by atoms with Gasteiger partial charge in [0.25, 0.3) is 0 Å². The Labute approximate surface area is 53.3 Å². The van der Waals surface area contributed by atoms with Crippen LogP contribution in [0.2, 0.25) is 0 Å². The third kappa shape index (κ3) is 2.32. The minimum absolute atomic E-state index is 0.517. The molecule has 0 unspecified atom stereocenters. The van der Waals surface area contributed by atoms with Crippen molar-refractivity contribution in [3.63, 3.8) is 0 Å². The second-order valence-corrected chi connectivity index (χ2v) is 2.19. The summed E-state index contributed by atoms with van der Waals surface area (Å²) in [5.74, 6) is 5.35. The van der Waals surface area contributed by atoms with E-state index in [0.29, 0.717) is 12.5 Å². The van der Waals surface area contributed by atoms with E-state index in [1.165, 1.54) is 12.8 Å². The fourth-order valence-electron chi connectivity index (χ4n) is 0.520. The Morgan fingerprint density at radius 3 is 2.89 bits per heavy atom. The van der Waals surface area contributed by atoms with E-state index >= 15 is 0 Å². The Morgan fingerprint density at radius 1 is 1.78 bits per heavy atom. The first-order valence-electron chi connectivity index (χ1n) is 2.96. The van der Waals surface area contributed by atoms with Crippen molar-refractivity contribution in [2.75, 3.05) is 6.61 Å². The van der Waals surface area contributed by atoms with Crippen molar-refractivity contribution in [1.29, 1.82) is 0 Å². The third-order valence-electron chi connectivity index (χ3n) is 1.26. The number of carbonyl (C=O) groups is 1. The Hall–Kier alpha value is -0.770. The van der Waals surface area contributed by atoms with Gasteiger partial charge < -0.3 is 4.74 Å². The van der Waals surface area contributed by atoms with E-state index in [1.807, 2.05) is 5.43 Å². The molecule has 52 valence electrons. The maximum Gasteiger partial charge on any atom is 0.421 e. The highest BCUT2D eigenvalue weighted by Crippen LogP contribution is 2.28. The molecule has 0 aromatic heterocycles. The van der Waals surface area contributed by atoms with Crippen LogP contribution in [0.3, 0.4) is 0 Å². The van der Waals surface area contributed by atoms with Gasteiger partial charge in [0.2, 0.25) is 0 Å². The first-order valence-corrected chi connectivity index (χ1v) is 2.96. The summed E-state index contributed by atoms with van der Waals surface area (Å²) in [4.78, 5) is 10.3. The molecule has 4 heteroatoms. The summed E-state index contributed by atoms with van der Waals surface area (Å²) < 4.78 is 4.64. The van der Waals surface area contributed by atoms with Gasteiger partial charge in [-0.3, -0.25) is 5.43 Å². The average Bonchev–Trinajstić information content (AvgIpc) is 2.65. The van der Waals surface area contributed by atoms with Crippen molar-refractivity contribution in [3.8, 4) is 0 Å². The summed E-state index contributed by atoms with van der Waals surface area (Å²) in [6.45, 7) is 0.517. The van der Waals surface area contributed by atoms with Crippen LogP contribution in [0.4, 0.5) is 4.79 Å². The molecule has 0 aliphatic heterocycles. The van der Waals surface area contributed by atoms with Gasteiger partial charge in [-0.25, -0.2) is 10.6 Å². The highest BCUT2D eigenvalue weighted by atomic mass is 16.6. The highest BCUT2D eigenvalue weighted by Gasteiger charge is 2.22. The summed E-state index contributed by atoms with van der Waals surface area (Å²) in [7, 11) is 0. The molecule has 1 aliphatic carbocycles. The fraction of sp³-hybridized carbons (Fsp3) is 0.800. The molecular formula is C5H10N2O2. The van der Waals surface area contributed by atoms with Crippen LogP contribution >= 0.6 is 0 Å². The number of hydrazine groups is 1. The molecule has 1 aliphatic rings. The molecule has 0 heterocycles. The summed E-state index contributed by atoms with van der Waals surface area (Å²) in [6.07, 6.45) is 1.82. The first-order chi connectivity index (χ1) is 4.33. The summed E-state index contributed by atoms with van der Waals surface area (Å²) in [5, 5.41) is 0. The predicted molar refractivity (Wildman–Crippen MR) is 31.4 cm³/mol. The fourth-order valence-corrected chi connectivity index (χ4v) is 0.520. The van der Waals surface area contributed by atoms with Crippen molar-refractivity contribution in [1.82, 2.24) is 5.43 Å². The number of hydrogen-bond donors (Lipinski definition) is 2. The zero-order valence-electron chi connectivity index (χ0n) is 5.09. The van der Waals surface area contributed by atoms with Crippen LogP contribution in [0.15, 0.2) is 0 Å². The topological polar surface area (TPSA) is 64.3 Å². The highest BCUT2D eigenvalue weighted by molar-refractivity contribution is 5.66. The number of ether oxygens (including phenoxy) is 1. The summed E-state index contributed by atoms with van der Waals surface area (Å²) in [5.41, 5.74) is 1.89. The second-order valence-electron chi connectivity index (χ2n) is 2.19. The molecule has 0 bridgehead atoms.